The molecule has 2 bridgehead atoms. The summed E-state index contributed by atoms with van der Waals surface area (Å²) in [5, 5.41) is 5.57. The van der Waals surface area contributed by atoms with Crippen LogP contribution in [0.25, 0.3) is 0 Å². The van der Waals surface area contributed by atoms with Crippen molar-refractivity contribution in [3.8, 4) is 11.5 Å². The highest BCUT2D eigenvalue weighted by molar-refractivity contribution is 7.92. The zero-order chi connectivity index (χ0) is 34.1. The lowest BCUT2D eigenvalue weighted by atomic mass is 9.83. The van der Waals surface area contributed by atoms with E-state index in [0.29, 0.717) is 38.7 Å². The fourth-order valence-corrected chi connectivity index (χ4v) is 7.77. The molecule has 47 heavy (non-hydrogen) atoms. The molecule has 0 saturated heterocycles. The maximum Gasteiger partial charge on any atom is 0.501 e. The van der Waals surface area contributed by atoms with E-state index in [0.717, 1.165) is 43.2 Å². The van der Waals surface area contributed by atoms with Crippen molar-refractivity contribution in [2.24, 2.45) is 23.7 Å². The Morgan fingerprint density at radius 1 is 0.936 bits per heavy atom. The largest absolute Gasteiger partial charge is 0.501 e. The maximum absolute atomic E-state index is 15.0. The number of hydrogen-bond acceptors (Lipinski definition) is 8. The van der Waals surface area contributed by atoms with Gasteiger partial charge in [0, 0.05) is 17.8 Å². The van der Waals surface area contributed by atoms with Crippen LogP contribution in [0.3, 0.4) is 0 Å². The van der Waals surface area contributed by atoms with Gasteiger partial charge >= 0.3 is 11.5 Å². The Hall–Kier alpha value is -3.88. The maximum atomic E-state index is 15.0. The minimum atomic E-state index is -5.54. The van der Waals surface area contributed by atoms with Gasteiger partial charge in [-0.2, -0.15) is 13.2 Å². The van der Waals surface area contributed by atoms with Crippen molar-refractivity contribution in [3.05, 3.63) is 47.8 Å². The zero-order valence-electron chi connectivity index (χ0n) is 25.8. The fraction of sp³-hybridized carbons (Fsp3) is 0.531. The van der Waals surface area contributed by atoms with Gasteiger partial charge in [0.25, 0.3) is 15.7 Å². The monoisotopic (exact) mass is 684 g/mol. The number of fused-ring (bicyclic) bond motifs is 2. The highest BCUT2D eigenvalue weighted by atomic mass is 32.2. The summed E-state index contributed by atoms with van der Waals surface area (Å²) in [5.41, 5.74) is -5.35. The standard InChI is InChI=1S/C32H36F4N2O8S/c1-3-45-31(41)17-6-10-21(11-7-17)46-26-15-23(25(44-2)16-24(26)33)29(39)38-28-19-5-4-18(14-19)27(28)30(40)37-20-8-12-22(13-9-20)47(42,43)32(34,35)36/h8-9,12-13,15-19,21,27-28H,3-7,10-11,14H2,1-2H3,(H,37,40)(H,38,39)/t17-,18-,19+,21+,27+,28-/m1/s1. The number of carbonyl (C=O) groups is 3. The summed E-state index contributed by atoms with van der Waals surface area (Å²) >= 11 is 0. The van der Waals surface area contributed by atoms with Crippen molar-refractivity contribution < 1.29 is 54.6 Å². The van der Waals surface area contributed by atoms with Gasteiger partial charge in [-0.1, -0.05) is 0 Å². The van der Waals surface area contributed by atoms with Gasteiger partial charge in [-0.3, -0.25) is 14.4 Å². The molecule has 2 aromatic rings. The van der Waals surface area contributed by atoms with Gasteiger partial charge in [0.2, 0.25) is 5.91 Å². The fourth-order valence-electron chi connectivity index (χ4n) is 7.01. The topological polar surface area (TPSA) is 137 Å². The first kappa shape index (κ1) is 34.5. The van der Waals surface area contributed by atoms with Crippen LogP contribution in [0.15, 0.2) is 41.3 Å². The molecule has 3 fully saturated rings. The van der Waals surface area contributed by atoms with Gasteiger partial charge in [-0.05, 0) is 94.0 Å². The number of benzene rings is 2. The Kier molecular flexibility index (Phi) is 10.0. The number of nitrogens with one attached hydrogen (secondary N) is 2. The number of carbonyl (C=O) groups excluding carboxylic acids is 3. The number of alkyl halides is 3. The van der Waals surface area contributed by atoms with Crippen LogP contribution in [0, 0.1) is 29.5 Å². The number of sulfone groups is 1. The average Bonchev–Trinajstić information content (AvgIpc) is 3.64. The molecule has 0 heterocycles. The van der Waals surface area contributed by atoms with Crippen molar-refractivity contribution in [1.29, 1.82) is 0 Å². The number of esters is 1. The Labute approximate surface area is 269 Å². The third kappa shape index (κ3) is 7.19. The van der Waals surface area contributed by atoms with Crippen LogP contribution in [-0.4, -0.2) is 57.6 Å². The molecule has 2 N–H and O–H groups in total. The Bertz CT molecular complexity index is 1610. The minimum Gasteiger partial charge on any atom is -0.496 e. The van der Waals surface area contributed by atoms with Crippen LogP contribution in [-0.2, 0) is 24.2 Å². The average molecular weight is 685 g/mol. The van der Waals surface area contributed by atoms with Gasteiger partial charge < -0.3 is 24.8 Å². The van der Waals surface area contributed by atoms with Crippen molar-refractivity contribution in [2.75, 3.05) is 19.0 Å². The van der Waals surface area contributed by atoms with Crippen LogP contribution in [0.1, 0.15) is 62.2 Å². The van der Waals surface area contributed by atoms with E-state index in [1.54, 1.807) is 6.92 Å². The van der Waals surface area contributed by atoms with Gasteiger partial charge in [-0.15, -0.1) is 0 Å². The van der Waals surface area contributed by atoms with Gasteiger partial charge in [-0.25, -0.2) is 12.8 Å². The molecular formula is C32H36F4N2O8S. The minimum absolute atomic E-state index is 0.00695. The number of methoxy groups -OCH3 is 1. The molecule has 2 aromatic carbocycles. The van der Waals surface area contributed by atoms with Gasteiger partial charge in [0.05, 0.1) is 42.1 Å². The summed E-state index contributed by atoms with van der Waals surface area (Å²) in [4.78, 5) is 38.2. The van der Waals surface area contributed by atoms with E-state index >= 15 is 4.39 Å². The number of amides is 2. The highest BCUT2D eigenvalue weighted by Gasteiger charge is 2.52. The Balaban J connectivity index is 1.28. The Morgan fingerprint density at radius 2 is 1.60 bits per heavy atom. The lowest BCUT2D eigenvalue weighted by molar-refractivity contribution is -0.149. The second-order valence-corrected chi connectivity index (χ2v) is 14.1. The summed E-state index contributed by atoms with van der Waals surface area (Å²) < 4.78 is 93.4. The summed E-state index contributed by atoms with van der Waals surface area (Å²) in [6, 6.07) is 5.41. The van der Waals surface area contributed by atoms with Crippen LogP contribution < -0.4 is 20.1 Å². The predicted octanol–water partition coefficient (Wildman–Crippen LogP) is 5.41. The number of hydrogen-bond donors (Lipinski definition) is 2. The normalized spacial score (nSPS) is 25.6. The molecule has 4 atom stereocenters. The molecule has 15 heteroatoms. The molecule has 2 amide bonds. The number of ether oxygens (including phenoxy) is 3. The lowest BCUT2D eigenvalue weighted by Gasteiger charge is -2.31. The second kappa shape index (κ2) is 13.7. The third-order valence-corrected chi connectivity index (χ3v) is 10.8. The third-order valence-electron chi connectivity index (χ3n) is 9.34. The molecule has 256 valence electrons. The smallest absolute Gasteiger partial charge is 0.496 e. The molecule has 10 nitrogen and oxygen atoms in total. The van der Waals surface area contributed by atoms with Crippen molar-refractivity contribution in [1.82, 2.24) is 5.32 Å². The molecule has 0 radical (unpaired) electrons. The van der Waals surface area contributed by atoms with Gasteiger partial charge in [0.15, 0.2) is 11.6 Å². The van der Waals surface area contributed by atoms with E-state index in [4.69, 9.17) is 14.2 Å². The number of anilines is 1. The zero-order valence-corrected chi connectivity index (χ0v) is 26.6. The van der Waals surface area contributed by atoms with Crippen LogP contribution in [0.5, 0.6) is 11.5 Å². The first-order valence-electron chi connectivity index (χ1n) is 15.5. The molecule has 3 aliphatic rings. The van der Waals surface area contributed by atoms with E-state index in [-0.39, 0.29) is 52.6 Å². The van der Waals surface area contributed by atoms with E-state index in [9.17, 15) is 36.0 Å². The van der Waals surface area contributed by atoms with E-state index in [2.05, 4.69) is 10.6 Å². The number of rotatable bonds is 10. The van der Waals surface area contributed by atoms with E-state index in [1.165, 1.54) is 13.2 Å². The Morgan fingerprint density at radius 3 is 2.21 bits per heavy atom. The molecule has 0 unspecified atom stereocenters. The van der Waals surface area contributed by atoms with Crippen LogP contribution in [0.2, 0.25) is 0 Å². The van der Waals surface area contributed by atoms with E-state index in [1.807, 2.05) is 0 Å². The molecule has 0 spiro atoms. The SMILES string of the molecule is CCOC(=O)[C@H]1CC[C@@H](Oc2cc(C(=O)N[C@@H]3[C@H]4CC[C@H](C4)[C@@H]3C(=O)Nc3ccc(S(=O)(=O)C(F)(F)F)cc3)c(OC)cc2F)CC1. The summed E-state index contributed by atoms with van der Waals surface area (Å²) in [6.45, 7) is 2.03. The first-order valence-corrected chi connectivity index (χ1v) is 17.0. The quantitative estimate of drug-likeness (QED) is 0.251. The summed E-state index contributed by atoms with van der Waals surface area (Å²) in [7, 11) is -4.25. The van der Waals surface area contributed by atoms with Crippen molar-refractivity contribution in [2.45, 2.75) is 74.4 Å². The molecule has 0 aliphatic heterocycles. The molecule has 0 aromatic heterocycles. The van der Waals surface area contributed by atoms with Crippen molar-refractivity contribution in [3.63, 3.8) is 0 Å². The molecule has 3 aliphatic carbocycles. The highest BCUT2D eigenvalue weighted by Crippen LogP contribution is 2.49. The summed E-state index contributed by atoms with van der Waals surface area (Å²) in [5.74, 6) is -3.23. The van der Waals surface area contributed by atoms with Crippen LogP contribution >= 0.6 is 0 Å². The summed E-state index contributed by atoms with van der Waals surface area (Å²) in [6.07, 6.45) is 3.87. The molecular weight excluding hydrogens is 648 g/mol. The predicted molar refractivity (Wildman–Crippen MR) is 160 cm³/mol. The molecule has 3 saturated carbocycles. The number of halogens is 4. The second-order valence-electron chi connectivity index (χ2n) is 12.1. The first-order chi connectivity index (χ1) is 22.2. The van der Waals surface area contributed by atoms with Crippen LogP contribution in [0.4, 0.5) is 23.2 Å². The lowest BCUT2D eigenvalue weighted by Crippen LogP contribution is -2.48. The van der Waals surface area contributed by atoms with Gasteiger partial charge in [0.1, 0.15) is 5.75 Å². The molecule has 5 rings (SSSR count). The van der Waals surface area contributed by atoms with E-state index < -0.39 is 49.8 Å². The van der Waals surface area contributed by atoms with Crippen molar-refractivity contribution >= 4 is 33.3 Å².